The molecular formula is C19H22N3O4PS3. The lowest BCUT2D eigenvalue weighted by Crippen LogP contribution is -2.28. The molecule has 2 aromatic rings. The summed E-state index contributed by atoms with van der Waals surface area (Å²) in [4.78, 5) is 28.9. The summed E-state index contributed by atoms with van der Waals surface area (Å²) in [6.45, 7) is 2.04. The van der Waals surface area contributed by atoms with Crippen LogP contribution in [0.4, 0.5) is 5.82 Å². The molecule has 1 aromatic heterocycles. The Balaban J connectivity index is 1.45. The predicted molar refractivity (Wildman–Crippen MR) is 126 cm³/mol. The molecule has 11 heteroatoms. The van der Waals surface area contributed by atoms with E-state index in [1.165, 1.54) is 4.57 Å². The van der Waals surface area contributed by atoms with Crippen molar-refractivity contribution in [3.8, 4) is 0 Å². The van der Waals surface area contributed by atoms with Gasteiger partial charge in [-0.1, -0.05) is 47.9 Å². The highest BCUT2D eigenvalue weighted by atomic mass is 33.2. The standard InChI is InChI=1S/C19H22N3O4PS3/c1-2-14-15(26-27(28)29-10-11-30-27)12-17(25-14)22-9-8-16(21-19(22)24)20-18(23)13-6-4-3-5-7-13/h3-9,14-15,17H,2,10-12H2,1H3,(H,20,21,23,24)/t14-,15+,17-/m1/s1. The Bertz CT molecular complexity index is 1010. The molecule has 3 heterocycles. The lowest BCUT2D eigenvalue weighted by atomic mass is 10.1. The van der Waals surface area contributed by atoms with Crippen LogP contribution in [0.1, 0.15) is 36.4 Å². The SMILES string of the molecule is CC[C@H]1O[C@@H](n2ccc(NC(=O)c3ccccc3)nc2=O)C[C@@H]1OP1(=S)SCCS1. The third-order valence-corrected chi connectivity index (χ3v) is 14.6. The number of hydrogen-bond donors (Lipinski definition) is 1. The van der Waals surface area contributed by atoms with Gasteiger partial charge in [-0.25, -0.2) is 4.79 Å². The van der Waals surface area contributed by atoms with Gasteiger partial charge < -0.3 is 14.6 Å². The molecule has 0 unspecified atom stereocenters. The third-order valence-electron chi connectivity index (χ3n) is 4.85. The van der Waals surface area contributed by atoms with Gasteiger partial charge in [0.2, 0.25) is 0 Å². The van der Waals surface area contributed by atoms with Gasteiger partial charge in [0, 0.05) is 29.7 Å². The average molecular weight is 484 g/mol. The summed E-state index contributed by atoms with van der Waals surface area (Å²) in [6, 6.07) is 10.4. The lowest BCUT2D eigenvalue weighted by Gasteiger charge is -2.22. The maximum atomic E-state index is 12.6. The molecule has 2 fully saturated rings. The molecule has 30 heavy (non-hydrogen) atoms. The number of benzene rings is 1. The van der Waals surface area contributed by atoms with E-state index in [2.05, 4.69) is 10.3 Å². The minimum Gasteiger partial charge on any atom is -0.352 e. The molecule has 3 atom stereocenters. The Morgan fingerprint density at radius 1 is 1.33 bits per heavy atom. The van der Waals surface area contributed by atoms with Crippen LogP contribution in [0, 0.1) is 0 Å². The molecular weight excluding hydrogens is 461 g/mol. The molecule has 0 spiro atoms. The summed E-state index contributed by atoms with van der Waals surface area (Å²) in [6.07, 6.45) is 2.23. The maximum Gasteiger partial charge on any atom is 0.351 e. The number of ether oxygens (including phenoxy) is 1. The summed E-state index contributed by atoms with van der Waals surface area (Å²) >= 11 is 9.20. The molecule has 1 N–H and O–H groups in total. The highest BCUT2D eigenvalue weighted by Crippen LogP contribution is 2.75. The van der Waals surface area contributed by atoms with Crippen molar-refractivity contribution in [2.75, 3.05) is 16.8 Å². The number of hydrogen-bond acceptors (Lipinski definition) is 8. The van der Waals surface area contributed by atoms with Crippen molar-refractivity contribution < 1.29 is 14.1 Å². The zero-order valence-corrected chi connectivity index (χ0v) is 19.6. The van der Waals surface area contributed by atoms with Crippen LogP contribution in [0.15, 0.2) is 47.4 Å². The molecule has 0 aliphatic carbocycles. The summed E-state index contributed by atoms with van der Waals surface area (Å²) in [5, 5.41) is 2.66. The molecule has 1 aromatic carbocycles. The van der Waals surface area contributed by atoms with Crippen LogP contribution in [-0.2, 0) is 21.1 Å². The van der Waals surface area contributed by atoms with Crippen molar-refractivity contribution in [3.05, 3.63) is 58.6 Å². The van der Waals surface area contributed by atoms with E-state index in [0.29, 0.717) is 12.0 Å². The minimum absolute atomic E-state index is 0.110. The van der Waals surface area contributed by atoms with E-state index in [-0.39, 0.29) is 23.9 Å². The number of rotatable bonds is 6. The van der Waals surface area contributed by atoms with Crippen molar-refractivity contribution in [2.45, 2.75) is 38.2 Å². The van der Waals surface area contributed by atoms with Crippen LogP contribution in [-0.4, -0.2) is 39.2 Å². The second-order valence-corrected chi connectivity index (χ2v) is 17.5. The fraction of sp³-hybridized carbons (Fsp3) is 0.421. The molecule has 4 rings (SSSR count). The van der Waals surface area contributed by atoms with Crippen molar-refractivity contribution in [2.24, 2.45) is 0 Å². The summed E-state index contributed by atoms with van der Waals surface area (Å²) in [5.74, 6) is 1.94. The molecule has 0 radical (unpaired) electrons. The summed E-state index contributed by atoms with van der Waals surface area (Å²) in [5.41, 5.74) is 0.0195. The van der Waals surface area contributed by atoms with E-state index in [1.807, 2.05) is 13.0 Å². The first-order valence-electron chi connectivity index (χ1n) is 9.66. The Morgan fingerprint density at radius 2 is 2.07 bits per heavy atom. The van der Waals surface area contributed by atoms with Crippen LogP contribution < -0.4 is 11.0 Å². The van der Waals surface area contributed by atoms with Crippen LogP contribution >= 0.6 is 27.4 Å². The normalized spacial score (nSPS) is 25.3. The number of anilines is 1. The fourth-order valence-electron chi connectivity index (χ4n) is 3.39. The molecule has 2 aliphatic heterocycles. The number of nitrogens with zero attached hydrogens (tertiary/aromatic N) is 2. The molecule has 0 bridgehead atoms. The number of amides is 1. The summed E-state index contributed by atoms with van der Waals surface area (Å²) < 4.78 is 11.9. The van der Waals surface area contributed by atoms with Crippen LogP contribution in [0.2, 0.25) is 0 Å². The van der Waals surface area contributed by atoms with Gasteiger partial charge >= 0.3 is 5.69 Å². The van der Waals surface area contributed by atoms with Crippen LogP contribution in [0.5, 0.6) is 0 Å². The van der Waals surface area contributed by atoms with E-state index >= 15 is 0 Å². The third kappa shape index (κ3) is 5.00. The second kappa shape index (κ2) is 9.54. The molecule has 0 saturated carbocycles. The molecule has 2 aliphatic rings. The zero-order chi connectivity index (χ0) is 21.1. The highest BCUT2D eigenvalue weighted by molar-refractivity contribution is 9.00. The Labute approximate surface area is 187 Å². The molecule has 1 amide bonds. The first-order valence-corrected chi connectivity index (χ1v) is 15.6. The minimum atomic E-state index is -1.92. The van der Waals surface area contributed by atoms with Gasteiger partial charge in [-0.15, -0.1) is 0 Å². The Morgan fingerprint density at radius 3 is 2.73 bits per heavy atom. The Hall–Kier alpha value is -1.16. The second-order valence-electron chi connectivity index (χ2n) is 6.85. The van der Waals surface area contributed by atoms with Crippen molar-refractivity contribution >= 4 is 51.0 Å². The smallest absolute Gasteiger partial charge is 0.351 e. The van der Waals surface area contributed by atoms with Gasteiger partial charge in [0.25, 0.3) is 5.91 Å². The van der Waals surface area contributed by atoms with E-state index in [4.69, 9.17) is 21.1 Å². The van der Waals surface area contributed by atoms with Crippen LogP contribution in [0.3, 0.4) is 0 Å². The maximum absolute atomic E-state index is 12.6. The van der Waals surface area contributed by atoms with Gasteiger partial charge in [0.15, 0.2) is 4.67 Å². The van der Waals surface area contributed by atoms with Crippen LogP contribution in [0.25, 0.3) is 0 Å². The molecule has 160 valence electrons. The first kappa shape index (κ1) is 22.0. The molecule has 2 saturated heterocycles. The number of carbonyl (C=O) groups is 1. The largest absolute Gasteiger partial charge is 0.352 e. The van der Waals surface area contributed by atoms with E-state index in [1.54, 1.807) is 59.3 Å². The molecule has 7 nitrogen and oxygen atoms in total. The van der Waals surface area contributed by atoms with E-state index in [9.17, 15) is 9.59 Å². The number of nitrogens with one attached hydrogen (secondary N) is 1. The van der Waals surface area contributed by atoms with Gasteiger partial charge in [-0.2, -0.15) is 4.98 Å². The van der Waals surface area contributed by atoms with Gasteiger partial charge in [-0.05, 0) is 36.4 Å². The van der Waals surface area contributed by atoms with Crippen molar-refractivity contribution in [1.29, 1.82) is 0 Å². The Kier molecular flexibility index (Phi) is 7.01. The van der Waals surface area contributed by atoms with Crippen molar-refractivity contribution in [1.82, 2.24) is 9.55 Å². The quantitative estimate of drug-likeness (QED) is 0.610. The van der Waals surface area contributed by atoms with Crippen molar-refractivity contribution in [3.63, 3.8) is 0 Å². The topological polar surface area (TPSA) is 82.5 Å². The highest BCUT2D eigenvalue weighted by Gasteiger charge is 2.40. The van der Waals surface area contributed by atoms with Gasteiger partial charge in [-0.3, -0.25) is 9.36 Å². The van der Waals surface area contributed by atoms with E-state index < -0.39 is 16.6 Å². The lowest BCUT2D eigenvalue weighted by molar-refractivity contribution is -0.0162. The fourth-order valence-corrected chi connectivity index (χ4v) is 12.8. The summed E-state index contributed by atoms with van der Waals surface area (Å²) in [7, 11) is 0. The predicted octanol–water partition coefficient (Wildman–Crippen LogP) is 4.28. The van der Waals surface area contributed by atoms with E-state index in [0.717, 1.165) is 17.9 Å². The van der Waals surface area contributed by atoms with Gasteiger partial charge in [0.1, 0.15) is 12.0 Å². The number of carbonyl (C=O) groups excluding carboxylic acids is 1. The number of aromatic nitrogens is 2. The first-order chi connectivity index (χ1) is 14.5. The zero-order valence-electron chi connectivity index (χ0n) is 16.3. The van der Waals surface area contributed by atoms with Gasteiger partial charge in [0.05, 0.1) is 12.2 Å². The average Bonchev–Trinajstić information content (AvgIpc) is 3.35. The monoisotopic (exact) mass is 483 g/mol.